The van der Waals surface area contributed by atoms with Crippen molar-refractivity contribution in [1.82, 2.24) is 0 Å². The molecule has 0 aliphatic heterocycles. The second kappa shape index (κ2) is 57.6. The molecule has 6 aromatic carbocycles. The summed E-state index contributed by atoms with van der Waals surface area (Å²) in [6, 6.07) is 25.1. The maximum atomic E-state index is 14.4. The second-order valence-corrected chi connectivity index (χ2v) is 46.6. The maximum Gasteiger partial charge on any atom is 0.309 e. The molecule has 3 nitrogen and oxygen atoms in total. The van der Waals surface area contributed by atoms with Crippen molar-refractivity contribution in [2.24, 2.45) is 94.7 Å². The SMILES string of the molecule is CCCC1CCC(C2CC=C(c3ccc(C)c(F)c3F)CC2)CC1.CCCC1CCC(C2CC=C(c3ccc(C)c(F)c3F)CC2)CC1.CCCC1CCC(C2CCC(c3ccc(C)c(F)c3F)CC2)CC1.CCCC1CCC(OC(=O)C2CCC(C)CC2)CC1.CCCCCC1CCC(c2ccc(-c3ccc(C)c(F)c3F)cc2)CC1.CCOc1ccc(C2CCC(C3CCC(C)CC3)CC2)c(F)c1F. The van der Waals surface area contributed by atoms with Crippen LogP contribution in [-0.2, 0) is 9.53 Å². The van der Waals surface area contributed by atoms with E-state index in [0.29, 0.717) is 62.6 Å². The van der Waals surface area contributed by atoms with Crippen LogP contribution in [0.2, 0.25) is 0 Å². The molecular weight excluding hydrogens is 1780 g/mol. The first kappa shape index (κ1) is 113. The number of allylic oxidation sites excluding steroid dienone is 4. The Morgan fingerprint density at radius 2 is 0.617 bits per heavy atom. The first-order valence-electron chi connectivity index (χ1n) is 57.8. The Balaban J connectivity index is 0.000000152. The van der Waals surface area contributed by atoms with Crippen LogP contribution in [0.3, 0.4) is 0 Å². The summed E-state index contributed by atoms with van der Waals surface area (Å²) in [5.41, 5.74) is 8.08. The third-order valence-corrected chi connectivity index (χ3v) is 36.9. The average Bonchev–Trinajstić information content (AvgIpc) is 0.814. The summed E-state index contributed by atoms with van der Waals surface area (Å²) in [6.45, 7) is 24.6. The molecule has 2 atom stereocenters. The molecule has 141 heavy (non-hydrogen) atoms. The van der Waals surface area contributed by atoms with E-state index < -0.39 is 58.2 Å². The maximum absolute atomic E-state index is 14.4. The number of carbonyl (C=O) groups is 1. The van der Waals surface area contributed by atoms with Gasteiger partial charge in [0.1, 0.15) is 6.10 Å². The molecule has 0 saturated heterocycles. The molecule has 782 valence electrons. The van der Waals surface area contributed by atoms with Crippen molar-refractivity contribution in [3.8, 4) is 16.9 Å². The van der Waals surface area contributed by atoms with Crippen LogP contribution in [0, 0.1) is 181 Å². The molecule has 0 spiro atoms. The molecule has 0 aromatic heterocycles. The molecule has 0 N–H and O–H groups in total. The Morgan fingerprint density at radius 1 is 0.291 bits per heavy atom. The summed E-state index contributed by atoms with van der Waals surface area (Å²) < 4.78 is 152. The van der Waals surface area contributed by atoms with Gasteiger partial charge in [0.05, 0.1) is 12.5 Å². The third-order valence-electron chi connectivity index (χ3n) is 36.9. The normalized spacial score (nSPS) is 28.6. The summed E-state index contributed by atoms with van der Waals surface area (Å²) >= 11 is 0. The molecule has 9 saturated carbocycles. The van der Waals surface area contributed by atoms with E-state index in [-0.39, 0.29) is 35.6 Å². The van der Waals surface area contributed by atoms with Gasteiger partial charge in [0.2, 0.25) is 5.82 Å². The van der Waals surface area contributed by atoms with Crippen molar-refractivity contribution in [2.75, 3.05) is 6.61 Å². The highest BCUT2D eigenvalue weighted by Crippen LogP contribution is 2.51. The highest BCUT2D eigenvalue weighted by molar-refractivity contribution is 5.73. The lowest BCUT2D eigenvalue weighted by atomic mass is 9.68. The van der Waals surface area contributed by atoms with Gasteiger partial charge in [0.25, 0.3) is 0 Å². The molecule has 0 bridgehead atoms. The van der Waals surface area contributed by atoms with Crippen LogP contribution in [0.15, 0.2) is 97.1 Å². The fraction of sp³-hybridized carbons (Fsp3) is 0.680. The quantitative estimate of drug-likeness (QED) is 0.0308. The van der Waals surface area contributed by atoms with Crippen LogP contribution in [0.5, 0.6) is 5.75 Å². The van der Waals surface area contributed by atoms with Gasteiger partial charge in [0.15, 0.2) is 58.1 Å². The Hall–Kier alpha value is -6.63. The van der Waals surface area contributed by atoms with E-state index in [2.05, 4.69) is 72.8 Å². The zero-order valence-electron chi connectivity index (χ0n) is 89.2. The average molecular weight is 1960 g/mol. The lowest BCUT2D eigenvalue weighted by molar-refractivity contribution is -0.157. The number of halogens is 10. The largest absolute Gasteiger partial charge is 0.491 e. The number of rotatable bonds is 26. The molecule has 2 unspecified atom stereocenters. The van der Waals surface area contributed by atoms with E-state index in [4.69, 9.17) is 9.47 Å². The summed E-state index contributed by atoms with van der Waals surface area (Å²) in [7, 11) is 0. The molecule has 6 aromatic rings. The lowest BCUT2D eigenvalue weighted by Gasteiger charge is -2.38. The molecule has 9 fully saturated rings. The molecule has 11 aliphatic carbocycles. The van der Waals surface area contributed by atoms with Gasteiger partial charge in [-0.15, -0.1) is 0 Å². The van der Waals surface area contributed by atoms with E-state index in [9.17, 15) is 48.7 Å². The van der Waals surface area contributed by atoms with Crippen molar-refractivity contribution < 1.29 is 58.2 Å². The topological polar surface area (TPSA) is 35.5 Å². The van der Waals surface area contributed by atoms with Gasteiger partial charge >= 0.3 is 5.97 Å². The van der Waals surface area contributed by atoms with Crippen molar-refractivity contribution in [3.63, 3.8) is 0 Å². The number of esters is 1. The Morgan fingerprint density at radius 3 is 1.01 bits per heavy atom. The van der Waals surface area contributed by atoms with Crippen molar-refractivity contribution in [3.05, 3.63) is 205 Å². The van der Waals surface area contributed by atoms with E-state index in [0.717, 1.165) is 208 Å². The van der Waals surface area contributed by atoms with Gasteiger partial charge in [-0.1, -0.05) is 268 Å². The molecule has 17 rings (SSSR count). The Bertz CT molecular complexity index is 4670. The molecule has 0 amide bonds. The number of hydrogen-bond donors (Lipinski definition) is 0. The van der Waals surface area contributed by atoms with Crippen LogP contribution in [0.1, 0.15) is 470 Å². The first-order valence-corrected chi connectivity index (χ1v) is 57.8. The zero-order chi connectivity index (χ0) is 101. The van der Waals surface area contributed by atoms with Crippen LogP contribution < -0.4 is 4.74 Å². The van der Waals surface area contributed by atoms with Gasteiger partial charge in [0, 0.05) is 16.7 Å². The fourth-order valence-corrected chi connectivity index (χ4v) is 27.6. The highest BCUT2D eigenvalue weighted by Gasteiger charge is 2.39. The summed E-state index contributed by atoms with van der Waals surface area (Å²) in [5, 5.41) is 0. The first-order chi connectivity index (χ1) is 68.2. The number of ether oxygens (including phenoxy) is 2. The van der Waals surface area contributed by atoms with Gasteiger partial charge in [-0.3, -0.25) is 4.79 Å². The molecular formula is C128H182F10O3. The van der Waals surface area contributed by atoms with Crippen molar-refractivity contribution in [2.45, 2.75) is 454 Å². The molecule has 0 radical (unpaired) electrons. The van der Waals surface area contributed by atoms with E-state index in [1.54, 1.807) is 89.2 Å². The minimum atomic E-state index is -0.822. The van der Waals surface area contributed by atoms with Crippen LogP contribution >= 0.6 is 0 Å². The molecule has 11 aliphatic rings. The minimum absolute atomic E-state index is 0.0313. The standard InChI is InChI=1S/C24H30F2.C22H32F2.2C22H30F2.C21H30F2O.C17H30O2/c1-3-4-5-6-18-8-10-19(11-9-18)20-12-14-21(15-13-20)22-16-7-17(2)23(25)24(22)26;3*1-3-4-16-6-8-17(9-7-16)18-10-12-19(13-11-18)20-14-5-15(2)21(23)22(20)24;1-3-24-19-13-12-18(20(22)21(19)23)17-10-8-16(9-11-17)15-6-4-14(2)5-7-15;1-3-4-14-7-11-16(12-8-14)19-17(18)15-9-5-13(2)6-10-15/h7,12-16,18-19H,3-6,8-11H2,1-2H3;5,14,16-19H,3-4,6-13H2,1-2H3;2*5,12,14,16-18H,3-4,6-11,13H2,1-2H3;12-17H,3-11H2,1-2H3;13-16H,3-12H2,1-2H3. The monoisotopic (exact) mass is 1960 g/mol. The summed E-state index contributed by atoms with van der Waals surface area (Å²) in [5.74, 6) is 7.24. The predicted molar refractivity (Wildman–Crippen MR) is 566 cm³/mol. The van der Waals surface area contributed by atoms with Crippen LogP contribution in [-0.4, -0.2) is 18.7 Å². The van der Waals surface area contributed by atoms with Crippen LogP contribution in [0.25, 0.3) is 22.3 Å². The number of hydrogen-bond acceptors (Lipinski definition) is 3. The van der Waals surface area contributed by atoms with Gasteiger partial charge in [-0.2, -0.15) is 4.39 Å². The number of carbonyl (C=O) groups excluding carboxylic acids is 1. The summed E-state index contributed by atoms with van der Waals surface area (Å²) in [6.07, 6.45) is 72.1. The molecule has 0 heterocycles. The van der Waals surface area contributed by atoms with E-state index in [1.807, 2.05) is 18.2 Å². The van der Waals surface area contributed by atoms with E-state index >= 15 is 0 Å². The predicted octanol–water partition coefficient (Wildman–Crippen LogP) is 40.3. The van der Waals surface area contributed by atoms with Crippen molar-refractivity contribution >= 4 is 17.1 Å². The van der Waals surface area contributed by atoms with Crippen LogP contribution in [0.4, 0.5) is 43.9 Å². The number of aryl methyl sites for hydroxylation is 4. The van der Waals surface area contributed by atoms with Crippen molar-refractivity contribution in [1.29, 1.82) is 0 Å². The number of benzene rings is 6. The zero-order valence-corrected chi connectivity index (χ0v) is 89.2. The Labute approximate surface area is 847 Å². The second-order valence-electron chi connectivity index (χ2n) is 46.6. The van der Waals surface area contributed by atoms with Gasteiger partial charge in [-0.05, 0) is 421 Å². The minimum Gasteiger partial charge on any atom is -0.491 e. The van der Waals surface area contributed by atoms with Gasteiger partial charge < -0.3 is 9.47 Å². The number of unbranched alkanes of at least 4 members (excludes halogenated alkanes) is 2. The fourth-order valence-electron chi connectivity index (χ4n) is 27.6. The third kappa shape index (κ3) is 32.4. The van der Waals surface area contributed by atoms with E-state index in [1.165, 1.54) is 250 Å². The smallest absolute Gasteiger partial charge is 0.309 e. The summed E-state index contributed by atoms with van der Waals surface area (Å²) in [4.78, 5) is 12.2. The highest BCUT2D eigenvalue weighted by atomic mass is 19.2. The Kier molecular flexibility index (Phi) is 46.2. The molecule has 13 heteroatoms. The lowest BCUT2D eigenvalue weighted by Crippen LogP contribution is -2.29. The van der Waals surface area contributed by atoms with Gasteiger partial charge in [-0.25, -0.2) is 39.5 Å².